The molecule has 0 aliphatic heterocycles. The number of aryl methyl sites for hydroxylation is 2. The van der Waals surface area contributed by atoms with Gasteiger partial charge in [0.25, 0.3) is 0 Å². The third kappa shape index (κ3) is 3.25. The fraction of sp³-hybridized carbons (Fsp3) is 0.263. The van der Waals surface area contributed by atoms with Crippen LogP contribution in [0.2, 0.25) is 0 Å². The van der Waals surface area contributed by atoms with Crippen LogP contribution in [0.25, 0.3) is 11.0 Å². The van der Waals surface area contributed by atoms with Crippen LogP contribution in [0, 0.1) is 6.92 Å². The maximum Gasteiger partial charge on any atom is 0.343 e. The predicted octanol–water partition coefficient (Wildman–Crippen LogP) is 3.89. The van der Waals surface area contributed by atoms with Gasteiger partial charge in [0.15, 0.2) is 0 Å². The highest BCUT2D eigenvalue weighted by atomic mass is 16.5. The Morgan fingerprint density at radius 2 is 1.83 bits per heavy atom. The van der Waals surface area contributed by atoms with E-state index in [9.17, 15) is 4.79 Å². The summed E-state index contributed by atoms with van der Waals surface area (Å²) in [5.41, 5.74) is 2.25. The Labute approximate surface area is 140 Å². The zero-order valence-corrected chi connectivity index (χ0v) is 14.1. The molecule has 0 saturated carbocycles. The summed E-state index contributed by atoms with van der Waals surface area (Å²) in [6.45, 7) is 4.65. The Morgan fingerprint density at radius 1 is 1.12 bits per heavy atom. The van der Waals surface area contributed by atoms with Gasteiger partial charge in [0.1, 0.15) is 17.3 Å². The Balaban J connectivity index is 1.74. The molecule has 0 bridgehead atoms. The van der Waals surface area contributed by atoms with E-state index in [1.807, 2.05) is 24.6 Å². The molecular weight excluding hydrogens is 304 g/mol. The highest BCUT2D eigenvalue weighted by Crippen LogP contribution is 2.21. The minimum absolute atomic E-state index is 0.401. The van der Waals surface area contributed by atoms with Crippen LogP contribution in [0.3, 0.4) is 0 Å². The molecule has 0 fully saturated rings. The molecule has 3 aromatic rings. The monoisotopic (exact) mass is 324 g/mol. The van der Waals surface area contributed by atoms with Gasteiger partial charge in [-0.05, 0) is 55.8 Å². The number of benzene rings is 2. The molecule has 0 atom stereocenters. The topological polar surface area (TPSA) is 53.4 Å². The first-order chi connectivity index (χ1) is 11.6. The second-order valence-electron chi connectivity index (χ2n) is 5.63. The summed E-state index contributed by atoms with van der Waals surface area (Å²) in [6.07, 6.45) is 0.951. The lowest BCUT2D eigenvalue weighted by Crippen LogP contribution is -2.08. The van der Waals surface area contributed by atoms with E-state index in [-0.39, 0.29) is 0 Å². The molecule has 0 amide bonds. The third-order valence-electron chi connectivity index (χ3n) is 3.85. The van der Waals surface area contributed by atoms with E-state index in [2.05, 4.69) is 11.9 Å². The van der Waals surface area contributed by atoms with Crippen molar-refractivity contribution in [3.8, 4) is 11.5 Å². The minimum atomic E-state index is -0.401. The summed E-state index contributed by atoms with van der Waals surface area (Å²) in [4.78, 5) is 16.8. The summed E-state index contributed by atoms with van der Waals surface area (Å²) in [7, 11) is 1.95. The quantitative estimate of drug-likeness (QED) is 0.528. The molecule has 0 radical (unpaired) electrons. The number of hydrogen-bond donors (Lipinski definition) is 0. The Hall–Kier alpha value is -2.82. The van der Waals surface area contributed by atoms with E-state index in [0.717, 1.165) is 29.0 Å². The molecule has 0 unspecified atom stereocenters. The number of hydrogen-bond acceptors (Lipinski definition) is 4. The first-order valence-electron chi connectivity index (χ1n) is 7.96. The molecule has 1 heterocycles. The van der Waals surface area contributed by atoms with Crippen molar-refractivity contribution in [2.75, 3.05) is 6.61 Å². The van der Waals surface area contributed by atoms with E-state index in [0.29, 0.717) is 17.9 Å². The largest absolute Gasteiger partial charge is 0.494 e. The van der Waals surface area contributed by atoms with Gasteiger partial charge in [-0.1, -0.05) is 6.92 Å². The average Bonchev–Trinajstić information content (AvgIpc) is 2.88. The van der Waals surface area contributed by atoms with Gasteiger partial charge in [-0.2, -0.15) is 0 Å². The van der Waals surface area contributed by atoms with Crippen molar-refractivity contribution < 1.29 is 14.3 Å². The average molecular weight is 324 g/mol. The third-order valence-corrected chi connectivity index (χ3v) is 3.85. The van der Waals surface area contributed by atoms with E-state index in [4.69, 9.17) is 9.47 Å². The van der Waals surface area contributed by atoms with Gasteiger partial charge in [0.05, 0.1) is 23.2 Å². The van der Waals surface area contributed by atoms with E-state index < -0.39 is 5.97 Å². The summed E-state index contributed by atoms with van der Waals surface area (Å²) >= 11 is 0. The first kappa shape index (κ1) is 16.1. The van der Waals surface area contributed by atoms with Gasteiger partial charge in [0, 0.05) is 7.05 Å². The second-order valence-corrected chi connectivity index (χ2v) is 5.63. The molecule has 0 N–H and O–H groups in total. The molecule has 0 aliphatic carbocycles. The lowest BCUT2D eigenvalue weighted by Gasteiger charge is -2.07. The lowest BCUT2D eigenvalue weighted by atomic mass is 10.2. The Morgan fingerprint density at radius 3 is 2.54 bits per heavy atom. The van der Waals surface area contributed by atoms with Gasteiger partial charge < -0.3 is 14.0 Å². The van der Waals surface area contributed by atoms with Crippen LogP contribution in [0.1, 0.15) is 29.5 Å². The number of nitrogens with zero attached hydrogens (tertiary/aromatic N) is 2. The van der Waals surface area contributed by atoms with Crippen molar-refractivity contribution in [3.63, 3.8) is 0 Å². The van der Waals surface area contributed by atoms with Crippen LogP contribution in [-0.2, 0) is 7.05 Å². The molecule has 3 rings (SSSR count). The first-order valence-corrected chi connectivity index (χ1v) is 7.96. The lowest BCUT2D eigenvalue weighted by molar-refractivity contribution is 0.0734. The zero-order chi connectivity index (χ0) is 17.1. The highest BCUT2D eigenvalue weighted by Gasteiger charge is 2.12. The number of ether oxygens (including phenoxy) is 2. The van der Waals surface area contributed by atoms with Crippen LogP contribution in [0.4, 0.5) is 0 Å². The van der Waals surface area contributed by atoms with E-state index in [1.54, 1.807) is 36.4 Å². The molecule has 0 saturated heterocycles. The number of esters is 1. The van der Waals surface area contributed by atoms with Crippen molar-refractivity contribution in [3.05, 3.63) is 53.9 Å². The summed E-state index contributed by atoms with van der Waals surface area (Å²) in [5, 5.41) is 0. The number of imidazole rings is 1. The zero-order valence-electron chi connectivity index (χ0n) is 14.1. The molecule has 5 heteroatoms. The molecular formula is C19H20N2O3. The minimum Gasteiger partial charge on any atom is -0.494 e. The molecule has 0 aliphatic rings. The van der Waals surface area contributed by atoms with E-state index in [1.165, 1.54) is 0 Å². The van der Waals surface area contributed by atoms with Crippen molar-refractivity contribution in [1.82, 2.24) is 9.55 Å². The smallest absolute Gasteiger partial charge is 0.343 e. The number of carbonyl (C=O) groups is 1. The fourth-order valence-electron chi connectivity index (χ4n) is 2.44. The van der Waals surface area contributed by atoms with Crippen LogP contribution < -0.4 is 9.47 Å². The molecule has 24 heavy (non-hydrogen) atoms. The van der Waals surface area contributed by atoms with Gasteiger partial charge in [-0.25, -0.2) is 9.78 Å². The van der Waals surface area contributed by atoms with Gasteiger partial charge in [-0.3, -0.25) is 0 Å². The molecule has 0 spiro atoms. The van der Waals surface area contributed by atoms with Crippen molar-refractivity contribution >= 4 is 17.0 Å². The maximum atomic E-state index is 12.3. The number of fused-ring (bicyclic) bond motifs is 1. The van der Waals surface area contributed by atoms with E-state index >= 15 is 0 Å². The normalized spacial score (nSPS) is 10.8. The van der Waals surface area contributed by atoms with Gasteiger partial charge >= 0.3 is 5.97 Å². The van der Waals surface area contributed by atoms with Crippen molar-refractivity contribution in [2.45, 2.75) is 20.3 Å². The second kappa shape index (κ2) is 6.74. The number of carbonyl (C=O) groups excluding carboxylic acids is 1. The summed E-state index contributed by atoms with van der Waals surface area (Å²) in [5.74, 6) is 1.75. The van der Waals surface area contributed by atoms with Crippen LogP contribution in [0.15, 0.2) is 42.5 Å². The SMILES string of the molecule is CCCOc1ccc(OC(=O)c2ccc3c(c2)nc(C)n3C)cc1. The van der Waals surface area contributed by atoms with Gasteiger partial charge in [0.2, 0.25) is 0 Å². The van der Waals surface area contributed by atoms with Crippen molar-refractivity contribution in [2.24, 2.45) is 7.05 Å². The maximum absolute atomic E-state index is 12.3. The predicted molar refractivity (Wildman–Crippen MR) is 92.6 cm³/mol. The molecule has 2 aromatic carbocycles. The number of rotatable bonds is 5. The van der Waals surface area contributed by atoms with Crippen LogP contribution >= 0.6 is 0 Å². The summed E-state index contributed by atoms with van der Waals surface area (Å²) in [6, 6.07) is 12.4. The standard InChI is InChI=1S/C19H20N2O3/c1-4-11-23-15-6-8-16(9-7-15)24-19(22)14-5-10-18-17(12-14)20-13(2)21(18)3/h5-10,12H,4,11H2,1-3H3. The van der Waals surface area contributed by atoms with Crippen LogP contribution in [0.5, 0.6) is 11.5 Å². The molecule has 1 aromatic heterocycles. The Kier molecular flexibility index (Phi) is 4.51. The Bertz CT molecular complexity index is 866. The van der Waals surface area contributed by atoms with Crippen LogP contribution in [-0.4, -0.2) is 22.1 Å². The molecule has 124 valence electrons. The van der Waals surface area contributed by atoms with Gasteiger partial charge in [-0.15, -0.1) is 0 Å². The highest BCUT2D eigenvalue weighted by molar-refractivity contribution is 5.95. The molecule has 5 nitrogen and oxygen atoms in total. The van der Waals surface area contributed by atoms with Crippen molar-refractivity contribution in [1.29, 1.82) is 0 Å². The fourth-order valence-corrected chi connectivity index (χ4v) is 2.44. The number of aromatic nitrogens is 2. The summed E-state index contributed by atoms with van der Waals surface area (Å²) < 4.78 is 12.9.